The van der Waals surface area contributed by atoms with Crippen molar-refractivity contribution in [2.75, 3.05) is 33.4 Å². The van der Waals surface area contributed by atoms with Gasteiger partial charge in [0.2, 0.25) is 5.91 Å². The first-order valence-corrected chi connectivity index (χ1v) is 10.7. The molecule has 1 atom stereocenters. The Hall–Kier alpha value is -3.53. The van der Waals surface area contributed by atoms with Crippen LogP contribution in [0.2, 0.25) is 0 Å². The van der Waals surface area contributed by atoms with Crippen molar-refractivity contribution in [3.63, 3.8) is 0 Å². The lowest BCUT2D eigenvalue weighted by Crippen LogP contribution is -2.46. The van der Waals surface area contributed by atoms with Crippen LogP contribution in [0.25, 0.3) is 11.1 Å². The van der Waals surface area contributed by atoms with E-state index < -0.39 is 43.4 Å². The average molecular weight is 476 g/mol. The molecule has 8 nitrogen and oxygen atoms in total. The smallest absolute Gasteiger partial charge is 0.407 e. The number of fused-ring (bicyclic) bond motifs is 3. The number of benzene rings is 2. The second-order valence-corrected chi connectivity index (χ2v) is 7.82. The normalized spacial score (nSPS) is 13.2. The number of ether oxygens (including phenoxy) is 2. The third-order valence-corrected chi connectivity index (χ3v) is 5.59. The maximum atomic E-state index is 13.6. The van der Waals surface area contributed by atoms with E-state index in [2.05, 4.69) is 0 Å². The van der Waals surface area contributed by atoms with E-state index in [0.29, 0.717) is 0 Å². The zero-order valence-electron chi connectivity index (χ0n) is 18.6. The molecule has 2 amide bonds. The highest BCUT2D eigenvalue weighted by atomic mass is 19.3. The van der Waals surface area contributed by atoms with Crippen molar-refractivity contribution in [1.29, 1.82) is 0 Å². The number of carbonyl (C=O) groups is 3. The van der Waals surface area contributed by atoms with E-state index in [-0.39, 0.29) is 25.7 Å². The van der Waals surface area contributed by atoms with Crippen LogP contribution in [0.15, 0.2) is 48.5 Å². The zero-order chi connectivity index (χ0) is 24.7. The molecule has 2 N–H and O–H groups in total. The van der Waals surface area contributed by atoms with E-state index in [1.54, 1.807) is 0 Å². The van der Waals surface area contributed by atoms with Crippen LogP contribution in [-0.2, 0) is 19.1 Å². The van der Waals surface area contributed by atoms with Crippen LogP contribution in [-0.4, -0.2) is 73.9 Å². The Balaban J connectivity index is 1.62. The fourth-order valence-corrected chi connectivity index (χ4v) is 3.97. The number of carboxylic acid groups (broad SMARTS) is 1. The molecule has 2 aromatic carbocycles. The predicted molar refractivity (Wildman–Crippen MR) is 119 cm³/mol. The largest absolute Gasteiger partial charge is 0.480 e. The van der Waals surface area contributed by atoms with Gasteiger partial charge >= 0.3 is 12.1 Å². The molecule has 0 fully saturated rings. The molecule has 0 bridgehead atoms. The van der Waals surface area contributed by atoms with Gasteiger partial charge in [0.25, 0.3) is 6.43 Å². The molecule has 0 heterocycles. The first-order chi connectivity index (χ1) is 16.3. The Labute approximate surface area is 195 Å². The number of hydrogen-bond acceptors (Lipinski definition) is 5. The molecule has 0 aromatic heterocycles. The van der Waals surface area contributed by atoms with Crippen LogP contribution < -0.4 is 5.32 Å². The summed E-state index contributed by atoms with van der Waals surface area (Å²) in [5.41, 5.74) is 3.99. The maximum Gasteiger partial charge on any atom is 0.407 e. The van der Waals surface area contributed by atoms with Crippen LogP contribution in [0.3, 0.4) is 0 Å². The molecule has 2 aromatic rings. The monoisotopic (exact) mass is 476 g/mol. The Morgan fingerprint density at radius 3 is 2.18 bits per heavy atom. The van der Waals surface area contributed by atoms with Gasteiger partial charge in [-0.3, -0.25) is 9.59 Å². The topological polar surface area (TPSA) is 105 Å². The fourth-order valence-electron chi connectivity index (χ4n) is 3.97. The number of hydrogen-bond donors (Lipinski definition) is 2. The van der Waals surface area contributed by atoms with Crippen molar-refractivity contribution in [3.8, 4) is 11.1 Å². The maximum absolute atomic E-state index is 13.6. The Kier molecular flexibility index (Phi) is 8.53. The number of nitrogens with one attached hydrogen (secondary N) is 1. The number of methoxy groups -OCH3 is 1. The summed E-state index contributed by atoms with van der Waals surface area (Å²) in [5, 5.41) is 11.0. The number of aliphatic carboxylic acids is 1. The van der Waals surface area contributed by atoms with Crippen molar-refractivity contribution in [2.24, 2.45) is 0 Å². The van der Waals surface area contributed by atoms with E-state index in [1.165, 1.54) is 7.11 Å². The van der Waals surface area contributed by atoms with Crippen molar-refractivity contribution in [2.45, 2.75) is 24.8 Å². The fraction of sp³-hybridized carbons (Fsp3) is 0.375. The Morgan fingerprint density at radius 1 is 1.06 bits per heavy atom. The molecule has 0 radical (unpaired) electrons. The van der Waals surface area contributed by atoms with Gasteiger partial charge in [-0.2, -0.15) is 0 Å². The minimum atomic E-state index is -3.06. The molecular weight excluding hydrogens is 450 g/mol. The van der Waals surface area contributed by atoms with Crippen LogP contribution >= 0.6 is 0 Å². The lowest BCUT2D eigenvalue weighted by molar-refractivity contribution is -0.145. The molecule has 10 heteroatoms. The third-order valence-electron chi connectivity index (χ3n) is 5.59. The number of rotatable bonds is 11. The molecule has 0 saturated heterocycles. The lowest BCUT2D eigenvalue weighted by Gasteiger charge is -2.24. The molecule has 0 spiro atoms. The first-order valence-electron chi connectivity index (χ1n) is 10.7. The molecule has 0 aliphatic heterocycles. The summed E-state index contributed by atoms with van der Waals surface area (Å²) in [7, 11) is 1.37. The van der Waals surface area contributed by atoms with E-state index in [1.807, 2.05) is 53.8 Å². The summed E-state index contributed by atoms with van der Waals surface area (Å²) in [6, 6.07) is 13.6. The molecule has 1 aliphatic carbocycles. The second-order valence-electron chi connectivity index (χ2n) is 7.82. The second kappa shape index (κ2) is 11.6. The van der Waals surface area contributed by atoms with E-state index in [0.717, 1.165) is 27.2 Å². The number of alkyl halides is 2. The highest BCUT2D eigenvalue weighted by Gasteiger charge is 2.31. The van der Waals surface area contributed by atoms with Crippen molar-refractivity contribution < 1.29 is 37.7 Å². The van der Waals surface area contributed by atoms with Gasteiger partial charge in [-0.05, 0) is 22.3 Å². The molecule has 182 valence electrons. The van der Waals surface area contributed by atoms with Crippen LogP contribution in [0.5, 0.6) is 0 Å². The zero-order valence-corrected chi connectivity index (χ0v) is 18.6. The summed E-state index contributed by atoms with van der Waals surface area (Å²) in [4.78, 5) is 36.6. The molecule has 1 aliphatic rings. The summed E-state index contributed by atoms with van der Waals surface area (Å²) in [6.45, 7) is -0.771. The summed E-state index contributed by atoms with van der Waals surface area (Å²) < 4.78 is 37.2. The third kappa shape index (κ3) is 6.07. The summed E-state index contributed by atoms with van der Waals surface area (Å²) in [5.74, 6) is -2.38. The standard InChI is InChI=1S/C24H26F2N2O6/c1-33-11-10-28(13-22(30)31)21(29)12-20(23(25)26)27-24(32)34-14-19-17-8-4-2-6-15(17)16-7-3-5-9-18(16)19/h2-9,19-20,23H,10-14H2,1H3,(H,27,32)(H,30,31). The highest BCUT2D eigenvalue weighted by Crippen LogP contribution is 2.44. The average Bonchev–Trinajstić information content (AvgIpc) is 3.13. The number of nitrogens with zero attached hydrogens (tertiary/aromatic N) is 1. The van der Waals surface area contributed by atoms with Gasteiger partial charge in [0, 0.05) is 19.6 Å². The summed E-state index contributed by atoms with van der Waals surface area (Å²) in [6.07, 6.45) is -4.92. The predicted octanol–water partition coefficient (Wildman–Crippen LogP) is 3.11. The molecule has 1 unspecified atom stereocenters. The van der Waals surface area contributed by atoms with Crippen molar-refractivity contribution in [3.05, 3.63) is 59.7 Å². The number of halogens is 2. The van der Waals surface area contributed by atoms with Crippen LogP contribution in [0.4, 0.5) is 13.6 Å². The lowest BCUT2D eigenvalue weighted by atomic mass is 9.98. The Morgan fingerprint density at radius 2 is 1.65 bits per heavy atom. The number of alkyl carbamates (subject to hydrolysis) is 1. The SMILES string of the molecule is COCCN(CC(=O)O)C(=O)CC(NC(=O)OCC1c2ccccc2-c2ccccc21)C(F)F. The highest BCUT2D eigenvalue weighted by molar-refractivity contribution is 5.82. The van der Waals surface area contributed by atoms with Gasteiger partial charge in [-0.1, -0.05) is 48.5 Å². The van der Waals surface area contributed by atoms with Crippen LogP contribution in [0, 0.1) is 0 Å². The number of carbonyl (C=O) groups excluding carboxylic acids is 2. The number of amides is 2. The molecule has 0 saturated carbocycles. The van der Waals surface area contributed by atoms with Gasteiger partial charge in [0.15, 0.2) is 0 Å². The minimum absolute atomic E-state index is 0.0399. The van der Waals surface area contributed by atoms with Gasteiger partial charge in [0.05, 0.1) is 13.0 Å². The van der Waals surface area contributed by atoms with E-state index >= 15 is 0 Å². The van der Waals surface area contributed by atoms with Gasteiger partial charge in [-0.25, -0.2) is 13.6 Å². The van der Waals surface area contributed by atoms with Gasteiger partial charge in [0.1, 0.15) is 19.2 Å². The summed E-state index contributed by atoms with van der Waals surface area (Å²) >= 11 is 0. The van der Waals surface area contributed by atoms with Gasteiger partial charge < -0.3 is 24.8 Å². The van der Waals surface area contributed by atoms with Crippen LogP contribution in [0.1, 0.15) is 23.5 Å². The molecule has 34 heavy (non-hydrogen) atoms. The van der Waals surface area contributed by atoms with Crippen molar-refractivity contribution in [1.82, 2.24) is 10.2 Å². The minimum Gasteiger partial charge on any atom is -0.480 e. The number of carboxylic acids is 1. The van der Waals surface area contributed by atoms with Gasteiger partial charge in [-0.15, -0.1) is 0 Å². The quantitative estimate of drug-likeness (QED) is 0.517. The Bertz CT molecular complexity index is 987. The first kappa shape index (κ1) is 25.1. The molecule has 3 rings (SSSR count). The van der Waals surface area contributed by atoms with E-state index in [4.69, 9.17) is 14.6 Å². The van der Waals surface area contributed by atoms with Crippen molar-refractivity contribution >= 4 is 18.0 Å². The van der Waals surface area contributed by atoms with E-state index in [9.17, 15) is 23.2 Å². The molecular formula is C24H26F2N2O6.